The van der Waals surface area contributed by atoms with Crippen molar-refractivity contribution in [1.29, 1.82) is 0 Å². The number of carbonyl (C=O) groups is 6. The number of rotatable bonds is 3. The van der Waals surface area contributed by atoms with Gasteiger partial charge in [0.15, 0.2) is 11.9 Å². The normalized spacial score (nSPS) is 21.9. The van der Waals surface area contributed by atoms with Crippen LogP contribution in [-0.4, -0.2) is 62.1 Å². The van der Waals surface area contributed by atoms with Crippen molar-refractivity contribution in [3.63, 3.8) is 0 Å². The number of nitrogens with zero attached hydrogens (tertiary/aromatic N) is 3. The molecule has 2 fully saturated rings. The summed E-state index contributed by atoms with van der Waals surface area (Å²) in [5.41, 5.74) is -2.22. The number of Topliss-reactive ketones (excluding diaryl/α,β-unsaturated/α-hetero) is 1. The molecule has 10 nitrogen and oxygen atoms in total. The second-order valence-electron chi connectivity index (χ2n) is 7.32. The molecule has 0 radical (unpaired) electrons. The van der Waals surface area contributed by atoms with E-state index in [-0.39, 0.29) is 11.1 Å². The minimum atomic E-state index is -2.36. The lowest BCUT2D eigenvalue weighted by molar-refractivity contribution is -0.144. The summed E-state index contributed by atoms with van der Waals surface area (Å²) in [7, 11) is 0. The van der Waals surface area contributed by atoms with Crippen LogP contribution in [0.5, 0.6) is 0 Å². The van der Waals surface area contributed by atoms with Crippen LogP contribution in [0, 0.1) is 0 Å². The molecule has 0 saturated carbocycles. The van der Waals surface area contributed by atoms with Crippen molar-refractivity contribution in [1.82, 2.24) is 20.0 Å². The third kappa shape index (κ3) is 2.73. The third-order valence-corrected chi connectivity index (χ3v) is 5.48. The van der Waals surface area contributed by atoms with E-state index in [1.54, 1.807) is 36.4 Å². The minimum Gasteiger partial charge on any atom is -0.312 e. The van der Waals surface area contributed by atoms with E-state index in [0.29, 0.717) is 14.7 Å². The zero-order valence-electron chi connectivity index (χ0n) is 17.1. The zero-order valence-corrected chi connectivity index (χ0v) is 17.1. The van der Waals surface area contributed by atoms with Crippen LogP contribution in [0.4, 0.5) is 9.59 Å². The SMILES string of the molecule is CC(=O)N1C(=O)NC2N(C(=O)c3ccccc3)C(=O)N(C(=O)c3ccccc3)C21C(C)=O. The number of hydrogen-bond acceptors (Lipinski definition) is 6. The van der Waals surface area contributed by atoms with Gasteiger partial charge >= 0.3 is 12.1 Å². The van der Waals surface area contributed by atoms with Crippen LogP contribution in [0.3, 0.4) is 0 Å². The molecule has 2 unspecified atom stereocenters. The summed E-state index contributed by atoms with van der Waals surface area (Å²) in [6, 6.07) is 13.2. The summed E-state index contributed by atoms with van der Waals surface area (Å²) in [4.78, 5) is 80.0. The Hall–Kier alpha value is -4.34. The fraction of sp³-hybridized carbons (Fsp3) is 0.182. The number of urea groups is 2. The summed E-state index contributed by atoms with van der Waals surface area (Å²) in [5.74, 6) is -3.47. The highest BCUT2D eigenvalue weighted by Crippen LogP contribution is 2.41. The van der Waals surface area contributed by atoms with Crippen LogP contribution in [0.1, 0.15) is 34.6 Å². The van der Waals surface area contributed by atoms with Gasteiger partial charge in [-0.05, 0) is 31.2 Å². The van der Waals surface area contributed by atoms with E-state index in [4.69, 9.17) is 0 Å². The number of ketones is 1. The maximum atomic E-state index is 13.5. The molecule has 2 aliphatic rings. The molecule has 7 amide bonds. The number of amides is 7. The van der Waals surface area contributed by atoms with Crippen LogP contribution >= 0.6 is 0 Å². The number of nitrogens with one attached hydrogen (secondary N) is 1. The van der Waals surface area contributed by atoms with Gasteiger partial charge in [0.05, 0.1) is 0 Å². The molecule has 2 aromatic carbocycles. The molecule has 1 N–H and O–H groups in total. The second-order valence-corrected chi connectivity index (χ2v) is 7.32. The lowest BCUT2D eigenvalue weighted by Crippen LogP contribution is -2.67. The van der Waals surface area contributed by atoms with Crippen molar-refractivity contribution >= 4 is 35.6 Å². The first-order chi connectivity index (χ1) is 15.2. The zero-order chi connectivity index (χ0) is 23.2. The fourth-order valence-electron chi connectivity index (χ4n) is 4.16. The van der Waals surface area contributed by atoms with Crippen molar-refractivity contribution in [3.05, 3.63) is 71.8 Å². The average Bonchev–Trinajstić information content (AvgIpc) is 3.21. The second kappa shape index (κ2) is 7.41. The van der Waals surface area contributed by atoms with Crippen LogP contribution in [-0.2, 0) is 9.59 Å². The van der Waals surface area contributed by atoms with E-state index in [1.807, 2.05) is 0 Å². The number of carbonyl (C=O) groups excluding carboxylic acids is 6. The van der Waals surface area contributed by atoms with E-state index < -0.39 is 47.4 Å². The fourth-order valence-corrected chi connectivity index (χ4v) is 4.16. The van der Waals surface area contributed by atoms with Gasteiger partial charge in [0.1, 0.15) is 0 Å². The van der Waals surface area contributed by atoms with Gasteiger partial charge in [-0.15, -0.1) is 0 Å². The van der Waals surface area contributed by atoms with Gasteiger partial charge in [-0.2, -0.15) is 0 Å². The topological polar surface area (TPSA) is 124 Å². The first-order valence-corrected chi connectivity index (χ1v) is 9.67. The molecule has 0 spiro atoms. The predicted octanol–water partition coefficient (Wildman–Crippen LogP) is 1.59. The molecule has 4 rings (SSSR count). The van der Waals surface area contributed by atoms with Gasteiger partial charge < -0.3 is 5.32 Å². The Morgan fingerprint density at radius 1 is 0.781 bits per heavy atom. The Balaban J connectivity index is 1.95. The maximum absolute atomic E-state index is 13.5. The molecule has 2 saturated heterocycles. The number of imide groups is 3. The van der Waals surface area contributed by atoms with Crippen LogP contribution < -0.4 is 5.32 Å². The van der Waals surface area contributed by atoms with Crippen molar-refractivity contribution in [2.75, 3.05) is 0 Å². The quantitative estimate of drug-likeness (QED) is 0.782. The van der Waals surface area contributed by atoms with E-state index in [1.165, 1.54) is 24.3 Å². The van der Waals surface area contributed by atoms with Crippen LogP contribution in [0.2, 0.25) is 0 Å². The predicted molar refractivity (Wildman–Crippen MR) is 109 cm³/mol. The molecule has 0 aliphatic carbocycles. The van der Waals surface area contributed by atoms with Crippen LogP contribution in [0.15, 0.2) is 60.7 Å². The highest BCUT2D eigenvalue weighted by molar-refractivity contribution is 6.20. The molecule has 0 aromatic heterocycles. The first-order valence-electron chi connectivity index (χ1n) is 9.67. The van der Waals surface area contributed by atoms with Crippen LogP contribution in [0.25, 0.3) is 0 Å². The van der Waals surface area contributed by atoms with Gasteiger partial charge in [0.2, 0.25) is 11.6 Å². The van der Waals surface area contributed by atoms with Crippen molar-refractivity contribution in [2.24, 2.45) is 0 Å². The van der Waals surface area contributed by atoms with Gasteiger partial charge in [-0.1, -0.05) is 36.4 Å². The Kier molecular flexibility index (Phi) is 4.85. The molecule has 32 heavy (non-hydrogen) atoms. The Bertz CT molecular complexity index is 1170. The highest BCUT2D eigenvalue weighted by Gasteiger charge is 2.73. The van der Waals surface area contributed by atoms with Crippen molar-refractivity contribution in [3.8, 4) is 0 Å². The monoisotopic (exact) mass is 434 g/mol. The molecular weight excluding hydrogens is 416 g/mol. The lowest BCUT2D eigenvalue weighted by Gasteiger charge is -2.37. The molecule has 2 aliphatic heterocycles. The maximum Gasteiger partial charge on any atom is 0.338 e. The van der Waals surface area contributed by atoms with Gasteiger partial charge in [-0.25, -0.2) is 24.3 Å². The van der Waals surface area contributed by atoms with E-state index >= 15 is 0 Å². The van der Waals surface area contributed by atoms with Gasteiger partial charge in [0.25, 0.3) is 11.8 Å². The smallest absolute Gasteiger partial charge is 0.312 e. The molecule has 162 valence electrons. The molecule has 2 heterocycles. The summed E-state index contributed by atoms with van der Waals surface area (Å²) >= 11 is 0. The van der Waals surface area contributed by atoms with Gasteiger partial charge in [-0.3, -0.25) is 19.2 Å². The van der Waals surface area contributed by atoms with Crippen molar-refractivity contribution < 1.29 is 28.8 Å². The van der Waals surface area contributed by atoms with E-state index in [9.17, 15) is 28.8 Å². The van der Waals surface area contributed by atoms with E-state index in [0.717, 1.165) is 13.8 Å². The number of benzene rings is 2. The Morgan fingerprint density at radius 2 is 1.28 bits per heavy atom. The van der Waals surface area contributed by atoms with Gasteiger partial charge in [0, 0.05) is 18.1 Å². The molecule has 2 atom stereocenters. The minimum absolute atomic E-state index is 0.0390. The Morgan fingerprint density at radius 3 is 1.75 bits per heavy atom. The van der Waals surface area contributed by atoms with Crippen molar-refractivity contribution in [2.45, 2.75) is 25.7 Å². The Labute approximate surface area is 182 Å². The highest BCUT2D eigenvalue weighted by atomic mass is 16.2. The summed E-state index contributed by atoms with van der Waals surface area (Å²) < 4.78 is 0. The molecule has 2 aromatic rings. The largest absolute Gasteiger partial charge is 0.338 e. The molecule has 10 heteroatoms. The number of fused-ring (bicyclic) bond motifs is 1. The lowest BCUT2D eigenvalue weighted by atomic mass is 9.99. The average molecular weight is 434 g/mol. The molecular formula is C22H18N4O6. The molecule has 0 bridgehead atoms. The summed E-state index contributed by atoms with van der Waals surface area (Å²) in [6.07, 6.45) is -1.59. The third-order valence-electron chi connectivity index (χ3n) is 5.48. The standard InChI is InChI=1S/C22H18N4O6/c1-13(27)22-19(23-20(31)25(22)14(2)28)24(17(29)15-9-5-3-6-10-15)21(32)26(22)18(30)16-11-7-4-8-12-16/h3-12,19H,1-2H3,(H,23,31). The first kappa shape index (κ1) is 20.9. The summed E-state index contributed by atoms with van der Waals surface area (Å²) in [5, 5.41) is 2.37. The summed E-state index contributed by atoms with van der Waals surface area (Å²) in [6.45, 7) is 2.09. The number of hydrogen-bond donors (Lipinski definition) is 1. The van der Waals surface area contributed by atoms with E-state index in [2.05, 4.69) is 5.32 Å².